The van der Waals surface area contributed by atoms with Gasteiger partial charge >= 0.3 is 0 Å². The van der Waals surface area contributed by atoms with Gasteiger partial charge in [-0.15, -0.1) is 0 Å². The number of hydrogen-bond donors (Lipinski definition) is 1. The fourth-order valence-corrected chi connectivity index (χ4v) is 1.78. The van der Waals surface area contributed by atoms with Crippen molar-refractivity contribution in [3.05, 3.63) is 0 Å². The van der Waals surface area contributed by atoms with Crippen LogP contribution in [0.1, 0.15) is 39.0 Å². The van der Waals surface area contributed by atoms with E-state index in [9.17, 15) is 5.11 Å². The lowest BCUT2D eigenvalue weighted by Crippen LogP contribution is -2.23. The Morgan fingerprint density at radius 3 is 2.75 bits per heavy atom. The molecule has 0 aromatic heterocycles. The van der Waals surface area contributed by atoms with Crippen LogP contribution in [0.2, 0.25) is 0 Å². The van der Waals surface area contributed by atoms with Crippen LogP contribution < -0.4 is 0 Å². The van der Waals surface area contributed by atoms with Gasteiger partial charge in [0.25, 0.3) is 0 Å². The molecule has 0 unspecified atom stereocenters. The second-order valence-electron chi connectivity index (χ2n) is 3.80. The molecule has 1 N–H and O–H groups in total. The Hall–Kier alpha value is -0.0800. The smallest absolute Gasteiger partial charge is 0.0679 e. The van der Waals surface area contributed by atoms with E-state index < -0.39 is 0 Å². The van der Waals surface area contributed by atoms with Crippen LogP contribution in [0, 0.1) is 0 Å². The lowest BCUT2D eigenvalue weighted by molar-refractivity contribution is 0.175. The summed E-state index contributed by atoms with van der Waals surface area (Å²) in [5, 5.41) is 9.26. The minimum absolute atomic E-state index is 0.0452. The molecule has 1 atom stereocenters. The summed E-state index contributed by atoms with van der Waals surface area (Å²) in [6, 6.07) is 0. The molecule has 0 bridgehead atoms. The Morgan fingerprint density at radius 1 is 1.33 bits per heavy atom. The molecule has 1 saturated heterocycles. The van der Waals surface area contributed by atoms with E-state index in [0.717, 1.165) is 19.5 Å². The highest BCUT2D eigenvalue weighted by Gasteiger charge is 2.18. The Kier molecular flexibility index (Phi) is 4.62. The number of nitrogens with zero attached hydrogens (tertiary/aromatic N) is 1. The van der Waals surface area contributed by atoms with E-state index in [2.05, 4.69) is 11.8 Å². The molecule has 0 amide bonds. The van der Waals surface area contributed by atoms with Crippen LogP contribution in [0.5, 0.6) is 0 Å². The van der Waals surface area contributed by atoms with Crippen molar-refractivity contribution >= 4 is 0 Å². The fraction of sp³-hybridized carbons (Fsp3) is 1.00. The van der Waals surface area contributed by atoms with Crippen molar-refractivity contribution in [1.82, 2.24) is 4.90 Å². The third-order valence-corrected chi connectivity index (χ3v) is 2.58. The zero-order valence-electron chi connectivity index (χ0n) is 8.13. The summed E-state index contributed by atoms with van der Waals surface area (Å²) in [7, 11) is 0. The molecule has 1 aliphatic rings. The SMILES string of the molecule is CCCCCCN1CC[C@@H](O)C1. The summed E-state index contributed by atoms with van der Waals surface area (Å²) in [6.07, 6.45) is 6.26. The zero-order valence-corrected chi connectivity index (χ0v) is 8.13. The van der Waals surface area contributed by atoms with Gasteiger partial charge in [-0.1, -0.05) is 26.2 Å². The molecule has 2 nitrogen and oxygen atoms in total. The maximum absolute atomic E-state index is 9.26. The number of aliphatic hydroxyl groups excluding tert-OH is 1. The first-order chi connectivity index (χ1) is 5.83. The molecule has 1 rings (SSSR count). The monoisotopic (exact) mass is 171 g/mol. The van der Waals surface area contributed by atoms with Gasteiger partial charge in [0.15, 0.2) is 0 Å². The van der Waals surface area contributed by atoms with Gasteiger partial charge < -0.3 is 10.0 Å². The Balaban J connectivity index is 1.93. The average molecular weight is 171 g/mol. The molecule has 1 aliphatic heterocycles. The molecule has 0 aromatic carbocycles. The summed E-state index contributed by atoms with van der Waals surface area (Å²) in [5.41, 5.74) is 0. The number of rotatable bonds is 5. The van der Waals surface area contributed by atoms with Crippen LogP contribution in [0.3, 0.4) is 0 Å². The Bertz CT molecular complexity index is 116. The third-order valence-electron chi connectivity index (χ3n) is 2.58. The van der Waals surface area contributed by atoms with Crippen molar-refractivity contribution < 1.29 is 5.11 Å². The third kappa shape index (κ3) is 3.55. The van der Waals surface area contributed by atoms with Gasteiger partial charge in [-0.25, -0.2) is 0 Å². The minimum Gasteiger partial charge on any atom is -0.392 e. The first kappa shape index (κ1) is 10.0. The molecule has 0 radical (unpaired) electrons. The van der Waals surface area contributed by atoms with Crippen molar-refractivity contribution in [1.29, 1.82) is 0 Å². The largest absolute Gasteiger partial charge is 0.392 e. The van der Waals surface area contributed by atoms with Crippen molar-refractivity contribution in [2.24, 2.45) is 0 Å². The predicted molar refractivity (Wildman–Crippen MR) is 51.2 cm³/mol. The summed E-state index contributed by atoms with van der Waals surface area (Å²) >= 11 is 0. The molecule has 0 aromatic rings. The maximum Gasteiger partial charge on any atom is 0.0679 e. The first-order valence-corrected chi connectivity index (χ1v) is 5.23. The number of β-amino-alcohol motifs (C(OH)–C–C–N with tert-alkyl or cyclic N) is 1. The van der Waals surface area contributed by atoms with Gasteiger partial charge in [-0.3, -0.25) is 0 Å². The topological polar surface area (TPSA) is 23.5 Å². The molecule has 0 spiro atoms. The van der Waals surface area contributed by atoms with Crippen LogP contribution in [-0.2, 0) is 0 Å². The number of likely N-dealkylation sites (tertiary alicyclic amines) is 1. The fourth-order valence-electron chi connectivity index (χ4n) is 1.78. The van der Waals surface area contributed by atoms with Gasteiger partial charge in [0.1, 0.15) is 0 Å². The van der Waals surface area contributed by atoms with Gasteiger partial charge in [0, 0.05) is 13.1 Å². The van der Waals surface area contributed by atoms with E-state index in [0.29, 0.717) is 0 Å². The lowest BCUT2D eigenvalue weighted by atomic mass is 10.2. The summed E-state index contributed by atoms with van der Waals surface area (Å²) in [4.78, 5) is 2.38. The molecule has 0 aliphatic carbocycles. The van der Waals surface area contributed by atoms with Gasteiger partial charge in [-0.05, 0) is 19.4 Å². The number of unbranched alkanes of at least 4 members (excludes halogenated alkanes) is 3. The lowest BCUT2D eigenvalue weighted by Gasteiger charge is -2.13. The molecule has 0 saturated carbocycles. The van der Waals surface area contributed by atoms with Crippen LogP contribution in [0.15, 0.2) is 0 Å². The van der Waals surface area contributed by atoms with E-state index in [4.69, 9.17) is 0 Å². The number of hydrogen-bond acceptors (Lipinski definition) is 2. The first-order valence-electron chi connectivity index (χ1n) is 5.23. The molecular formula is C10H21NO. The minimum atomic E-state index is -0.0452. The molecule has 72 valence electrons. The zero-order chi connectivity index (χ0) is 8.81. The predicted octanol–water partition coefficient (Wildman–Crippen LogP) is 1.63. The molecule has 2 heteroatoms. The van der Waals surface area contributed by atoms with Crippen LogP contribution in [0.4, 0.5) is 0 Å². The van der Waals surface area contributed by atoms with Crippen LogP contribution in [-0.4, -0.2) is 35.7 Å². The Morgan fingerprint density at radius 2 is 2.17 bits per heavy atom. The quantitative estimate of drug-likeness (QED) is 0.636. The summed E-state index contributed by atoms with van der Waals surface area (Å²) in [6.45, 7) is 5.44. The van der Waals surface area contributed by atoms with Crippen LogP contribution in [0.25, 0.3) is 0 Å². The van der Waals surface area contributed by atoms with Gasteiger partial charge in [0.05, 0.1) is 6.10 Å². The van der Waals surface area contributed by atoms with Crippen LogP contribution >= 0.6 is 0 Å². The maximum atomic E-state index is 9.26. The van der Waals surface area contributed by atoms with Gasteiger partial charge in [0.2, 0.25) is 0 Å². The van der Waals surface area contributed by atoms with Gasteiger partial charge in [-0.2, -0.15) is 0 Å². The summed E-state index contributed by atoms with van der Waals surface area (Å²) in [5.74, 6) is 0. The van der Waals surface area contributed by atoms with Crippen molar-refractivity contribution in [2.75, 3.05) is 19.6 Å². The van der Waals surface area contributed by atoms with E-state index in [-0.39, 0.29) is 6.10 Å². The highest BCUT2D eigenvalue weighted by molar-refractivity contribution is 4.73. The van der Waals surface area contributed by atoms with E-state index >= 15 is 0 Å². The number of aliphatic hydroxyl groups is 1. The van der Waals surface area contributed by atoms with E-state index in [1.807, 2.05) is 0 Å². The summed E-state index contributed by atoms with van der Waals surface area (Å²) < 4.78 is 0. The highest BCUT2D eigenvalue weighted by atomic mass is 16.3. The Labute approximate surface area is 75.6 Å². The van der Waals surface area contributed by atoms with Crippen molar-refractivity contribution in [2.45, 2.75) is 45.1 Å². The normalized spacial score (nSPS) is 25.0. The van der Waals surface area contributed by atoms with Crippen molar-refractivity contribution in [3.63, 3.8) is 0 Å². The second kappa shape index (κ2) is 5.55. The molecule has 12 heavy (non-hydrogen) atoms. The highest BCUT2D eigenvalue weighted by Crippen LogP contribution is 2.10. The van der Waals surface area contributed by atoms with E-state index in [1.165, 1.54) is 32.2 Å². The standard InChI is InChI=1S/C10H21NO/c1-2-3-4-5-7-11-8-6-10(12)9-11/h10,12H,2-9H2,1H3/t10-/m1/s1. The van der Waals surface area contributed by atoms with Crippen molar-refractivity contribution in [3.8, 4) is 0 Å². The second-order valence-corrected chi connectivity index (χ2v) is 3.80. The average Bonchev–Trinajstić information content (AvgIpc) is 2.45. The van der Waals surface area contributed by atoms with E-state index in [1.54, 1.807) is 0 Å². The molecule has 1 fully saturated rings. The molecule has 1 heterocycles. The molecular weight excluding hydrogens is 150 g/mol.